The third-order valence-corrected chi connectivity index (χ3v) is 6.48. The second-order valence-electron chi connectivity index (χ2n) is 7.95. The molecular weight excluding hydrogens is 406 g/mol. The number of nitrogens with zero attached hydrogens (tertiary/aromatic N) is 1. The molecule has 6 heteroatoms. The molecule has 2 N–H and O–H groups in total. The molecule has 2 heterocycles. The van der Waals surface area contributed by atoms with E-state index in [-0.39, 0.29) is 7.47 Å². The molecule has 0 bridgehead atoms. The predicted molar refractivity (Wildman–Crippen MR) is 124 cm³/mol. The van der Waals surface area contributed by atoms with Crippen LogP contribution in [0.25, 0.3) is 0 Å². The van der Waals surface area contributed by atoms with Crippen molar-refractivity contribution >= 4 is 11.1 Å². The van der Waals surface area contributed by atoms with Gasteiger partial charge < -0.3 is 15.2 Å². The fourth-order valence-electron chi connectivity index (χ4n) is 4.23. The van der Waals surface area contributed by atoms with Crippen LogP contribution >= 0.6 is 0 Å². The van der Waals surface area contributed by atoms with Gasteiger partial charge in [0, 0.05) is 25.6 Å². The Morgan fingerprint density at radius 1 is 1.06 bits per heavy atom. The van der Waals surface area contributed by atoms with Crippen molar-refractivity contribution in [2.45, 2.75) is 49.7 Å². The molecule has 31 heavy (non-hydrogen) atoms. The Kier molecular flexibility index (Phi) is 7.59. The Hall–Kier alpha value is -2.38. The molecule has 0 amide bonds. The van der Waals surface area contributed by atoms with Gasteiger partial charge in [-0.2, -0.15) is 0 Å². The van der Waals surface area contributed by atoms with Crippen molar-refractivity contribution in [3.8, 4) is 0 Å². The van der Waals surface area contributed by atoms with E-state index in [9.17, 15) is 8.76 Å². The van der Waals surface area contributed by atoms with Gasteiger partial charge in [-0.3, -0.25) is 9.19 Å². The van der Waals surface area contributed by atoms with Gasteiger partial charge >= 0.3 is 0 Å². The number of fused-ring (bicyclic) bond motifs is 2. The zero-order valence-electron chi connectivity index (χ0n) is 17.5. The fraction of sp³-hybridized carbons (Fsp3) is 0.320. The number of hydrogen-bond acceptors (Lipinski definition) is 5. The zero-order chi connectivity index (χ0) is 21.5. The summed E-state index contributed by atoms with van der Waals surface area (Å²) in [6, 6.07) is 20.0. The quantitative estimate of drug-likeness (QED) is 0.603. The summed E-state index contributed by atoms with van der Waals surface area (Å²) >= 11 is -2.17. The first kappa shape index (κ1) is 21.8. The molecule has 0 saturated carbocycles. The summed E-state index contributed by atoms with van der Waals surface area (Å²) in [5.74, 6) is 0. The largest absolute Gasteiger partial charge is 0.768 e. The van der Waals surface area contributed by atoms with Crippen LogP contribution in [0, 0.1) is 0 Å². The Balaban J connectivity index is 0.000000220. The molecular formula is C25H30N3O2S-. The SMILES string of the molecule is O=S([O-])c1cccc(CNC2CCCc3cccnc32)c1.[HH].c1ccc2c(c1)CCNC2. The lowest BCUT2D eigenvalue weighted by atomic mass is 9.92. The highest BCUT2D eigenvalue weighted by Gasteiger charge is 2.20. The standard InChI is InChI=1S/C16H18N2O2S.C9H11N.H2/c19-21(20)14-7-1-4-12(10-14)11-18-15-8-2-5-13-6-3-9-17-16(13)15;1-2-4-9-7-10-6-5-8(9)3-1;/h1,3-4,6-7,9-10,15,18H,2,5,8,11H2,(H,19,20);1-4,10H,5-7H2;1H/p-1. The lowest BCUT2D eigenvalue weighted by Gasteiger charge is -2.25. The average molecular weight is 437 g/mol. The third kappa shape index (κ3) is 5.86. The topological polar surface area (TPSA) is 77.1 Å². The van der Waals surface area contributed by atoms with Gasteiger partial charge in [0.05, 0.1) is 11.7 Å². The van der Waals surface area contributed by atoms with E-state index >= 15 is 0 Å². The molecule has 3 aromatic rings. The summed E-state index contributed by atoms with van der Waals surface area (Å²) < 4.78 is 22.0. The number of aromatic nitrogens is 1. The minimum absolute atomic E-state index is 0. The molecule has 2 atom stereocenters. The van der Waals surface area contributed by atoms with Crippen molar-refractivity contribution in [3.63, 3.8) is 0 Å². The molecule has 5 nitrogen and oxygen atoms in total. The van der Waals surface area contributed by atoms with Crippen molar-refractivity contribution in [2.75, 3.05) is 6.54 Å². The highest BCUT2D eigenvalue weighted by Crippen LogP contribution is 2.28. The Bertz CT molecular complexity index is 1020. The van der Waals surface area contributed by atoms with Gasteiger partial charge in [0.1, 0.15) is 0 Å². The van der Waals surface area contributed by atoms with Gasteiger partial charge in [-0.05, 0) is 83.8 Å². The molecule has 164 valence electrons. The van der Waals surface area contributed by atoms with E-state index < -0.39 is 11.1 Å². The maximum atomic E-state index is 11.0. The molecule has 0 saturated heterocycles. The maximum Gasteiger partial charge on any atom is 0.0605 e. The van der Waals surface area contributed by atoms with Gasteiger partial charge in [0.25, 0.3) is 0 Å². The number of pyridine rings is 1. The van der Waals surface area contributed by atoms with Crippen molar-refractivity contribution < 1.29 is 10.2 Å². The normalized spacial score (nSPS) is 18.2. The Morgan fingerprint density at radius 3 is 2.74 bits per heavy atom. The van der Waals surface area contributed by atoms with E-state index in [2.05, 4.69) is 45.9 Å². The van der Waals surface area contributed by atoms with E-state index in [1.54, 1.807) is 18.2 Å². The van der Waals surface area contributed by atoms with E-state index in [1.165, 1.54) is 23.1 Å². The van der Waals surface area contributed by atoms with E-state index in [1.807, 2.05) is 18.3 Å². The van der Waals surface area contributed by atoms with Crippen LogP contribution < -0.4 is 10.6 Å². The molecule has 1 aromatic heterocycles. The second-order valence-corrected chi connectivity index (χ2v) is 8.89. The van der Waals surface area contributed by atoms with Gasteiger partial charge in [-0.1, -0.05) is 42.5 Å². The van der Waals surface area contributed by atoms with Crippen LogP contribution in [0.15, 0.2) is 71.8 Å². The van der Waals surface area contributed by atoms with Crippen molar-refractivity contribution in [2.24, 2.45) is 0 Å². The van der Waals surface area contributed by atoms with Crippen LogP contribution in [0.2, 0.25) is 0 Å². The van der Waals surface area contributed by atoms with E-state index in [0.717, 1.165) is 43.6 Å². The monoisotopic (exact) mass is 436 g/mol. The summed E-state index contributed by atoms with van der Waals surface area (Å²) in [5.41, 5.74) is 6.40. The smallest absolute Gasteiger partial charge is 0.0605 e. The summed E-state index contributed by atoms with van der Waals surface area (Å²) in [6.45, 7) is 2.83. The summed E-state index contributed by atoms with van der Waals surface area (Å²) in [5, 5.41) is 6.84. The highest BCUT2D eigenvalue weighted by atomic mass is 32.2. The van der Waals surface area contributed by atoms with Gasteiger partial charge in [0.15, 0.2) is 0 Å². The summed E-state index contributed by atoms with van der Waals surface area (Å²) in [6.07, 6.45) is 6.33. The molecule has 0 radical (unpaired) electrons. The number of rotatable bonds is 4. The lowest BCUT2D eigenvalue weighted by molar-refractivity contribution is 0.447. The fourth-order valence-corrected chi connectivity index (χ4v) is 4.67. The zero-order valence-corrected chi connectivity index (χ0v) is 18.4. The first-order chi connectivity index (χ1) is 15.2. The lowest BCUT2D eigenvalue weighted by Crippen LogP contribution is -2.25. The molecule has 2 aromatic carbocycles. The number of nitrogens with one attached hydrogen (secondary N) is 2. The molecule has 1 aliphatic heterocycles. The maximum absolute atomic E-state index is 11.0. The average Bonchev–Trinajstić information content (AvgIpc) is 2.83. The Morgan fingerprint density at radius 2 is 1.90 bits per heavy atom. The highest BCUT2D eigenvalue weighted by molar-refractivity contribution is 7.79. The predicted octanol–water partition coefficient (Wildman–Crippen LogP) is 4.07. The molecule has 2 unspecified atom stereocenters. The van der Waals surface area contributed by atoms with E-state index in [4.69, 9.17) is 0 Å². The number of aryl methyl sites for hydroxylation is 1. The second kappa shape index (κ2) is 10.8. The van der Waals surface area contributed by atoms with Crippen LogP contribution in [-0.2, 0) is 37.0 Å². The molecule has 2 aliphatic rings. The Labute approximate surface area is 188 Å². The summed E-state index contributed by atoms with van der Waals surface area (Å²) in [4.78, 5) is 4.83. The van der Waals surface area contributed by atoms with E-state index in [0.29, 0.717) is 11.4 Å². The van der Waals surface area contributed by atoms with Crippen LogP contribution in [-0.4, -0.2) is 20.3 Å². The van der Waals surface area contributed by atoms with Crippen molar-refractivity contribution in [3.05, 3.63) is 94.8 Å². The van der Waals surface area contributed by atoms with Crippen LogP contribution in [0.5, 0.6) is 0 Å². The minimum Gasteiger partial charge on any atom is -0.768 e. The van der Waals surface area contributed by atoms with Crippen molar-refractivity contribution in [1.82, 2.24) is 15.6 Å². The van der Waals surface area contributed by atoms with Crippen LogP contribution in [0.1, 0.15) is 48.3 Å². The first-order valence-electron chi connectivity index (χ1n) is 10.8. The van der Waals surface area contributed by atoms with Gasteiger partial charge in [0.2, 0.25) is 0 Å². The van der Waals surface area contributed by atoms with Crippen LogP contribution in [0.3, 0.4) is 0 Å². The van der Waals surface area contributed by atoms with Crippen molar-refractivity contribution in [1.29, 1.82) is 0 Å². The molecule has 5 rings (SSSR count). The van der Waals surface area contributed by atoms with Gasteiger partial charge in [-0.15, -0.1) is 0 Å². The number of benzene rings is 2. The third-order valence-electron chi connectivity index (χ3n) is 5.84. The summed E-state index contributed by atoms with van der Waals surface area (Å²) in [7, 11) is 0. The number of hydrogen-bond donors (Lipinski definition) is 2. The van der Waals surface area contributed by atoms with Gasteiger partial charge in [-0.25, -0.2) is 0 Å². The first-order valence-corrected chi connectivity index (χ1v) is 11.9. The molecule has 1 aliphatic carbocycles. The molecule has 0 fully saturated rings. The van der Waals surface area contributed by atoms with Crippen LogP contribution in [0.4, 0.5) is 0 Å². The minimum atomic E-state index is -2.17. The molecule has 0 spiro atoms.